The molecule has 0 aromatic heterocycles. The molecule has 0 aliphatic carbocycles. The standard InChI is InChI=1S/C19H9B6FO3.CH3B/c1-5-7(11-12(21)14(23)15(24)19(29)13(11)22)2-6(3-10(5)26)8-4-9(20)18(28)16(25)17(8)27;1-2/h2-4,27-29H,1H3;1H3. The van der Waals surface area contributed by atoms with Gasteiger partial charge in [-0.2, -0.15) is 0 Å². The van der Waals surface area contributed by atoms with E-state index in [1.54, 1.807) is 0 Å². The maximum atomic E-state index is 14.8. The average Bonchev–Trinajstić information content (AvgIpc) is 2.76. The second-order valence-corrected chi connectivity index (χ2v) is 6.63. The van der Waals surface area contributed by atoms with Crippen LogP contribution in [0.4, 0.5) is 4.39 Å². The van der Waals surface area contributed by atoms with Crippen LogP contribution < -0.4 is 32.8 Å². The van der Waals surface area contributed by atoms with E-state index in [2.05, 4.69) is 7.85 Å². The minimum atomic E-state index is -0.657. The maximum absolute atomic E-state index is 14.8. The van der Waals surface area contributed by atoms with Crippen LogP contribution in [0.15, 0.2) is 18.2 Å². The normalized spacial score (nSPS) is 10.4. The van der Waals surface area contributed by atoms with E-state index in [0.717, 1.165) is 6.07 Å². The number of hydrogen-bond acceptors (Lipinski definition) is 3. The van der Waals surface area contributed by atoms with Crippen molar-refractivity contribution in [3.05, 3.63) is 29.6 Å². The first-order valence-corrected chi connectivity index (χ1v) is 8.90. The molecule has 3 aromatic carbocycles. The van der Waals surface area contributed by atoms with Crippen molar-refractivity contribution in [1.29, 1.82) is 0 Å². The van der Waals surface area contributed by atoms with Crippen molar-refractivity contribution in [2.45, 2.75) is 13.7 Å². The number of rotatable bonds is 2. The summed E-state index contributed by atoms with van der Waals surface area (Å²) < 4.78 is 14.8. The third kappa shape index (κ3) is 4.15. The Morgan fingerprint density at radius 3 is 1.81 bits per heavy atom. The van der Waals surface area contributed by atoms with E-state index in [0.29, 0.717) is 0 Å². The molecule has 0 heterocycles. The molecule has 3 aromatic rings. The zero-order valence-corrected chi connectivity index (χ0v) is 17.0. The number of phenols is 3. The Balaban J connectivity index is 0.00000166. The lowest BCUT2D eigenvalue weighted by molar-refractivity contribution is 0.462. The minimum absolute atomic E-state index is 0.0357. The Bertz CT molecular complexity index is 1150. The molecule has 0 saturated carbocycles. The van der Waals surface area contributed by atoms with Crippen molar-refractivity contribution in [2.24, 2.45) is 0 Å². The van der Waals surface area contributed by atoms with E-state index < -0.39 is 23.1 Å². The molecule has 0 amide bonds. The summed E-state index contributed by atoms with van der Waals surface area (Å²) in [5.74, 6) is -2.09. The van der Waals surface area contributed by atoms with Crippen molar-refractivity contribution in [1.82, 2.24) is 0 Å². The fraction of sp³-hybridized carbons (Fsp3) is 0.100. The van der Waals surface area contributed by atoms with Gasteiger partial charge in [0.1, 0.15) is 70.1 Å². The molecule has 138 valence electrons. The van der Waals surface area contributed by atoms with E-state index in [1.807, 2.05) is 0 Å². The molecule has 11 heteroatoms. The quantitative estimate of drug-likeness (QED) is 0.423. The number of halogens is 1. The fourth-order valence-corrected chi connectivity index (χ4v) is 3.13. The summed E-state index contributed by atoms with van der Waals surface area (Å²) in [4.78, 5) is 0. The van der Waals surface area contributed by atoms with Gasteiger partial charge >= 0.3 is 0 Å². The van der Waals surface area contributed by atoms with Crippen LogP contribution in [-0.2, 0) is 0 Å². The van der Waals surface area contributed by atoms with Crippen LogP contribution in [0.1, 0.15) is 5.56 Å². The topological polar surface area (TPSA) is 60.7 Å². The molecular weight excluding hydrogens is 383 g/mol. The van der Waals surface area contributed by atoms with Gasteiger partial charge in [-0.25, -0.2) is 4.39 Å². The van der Waals surface area contributed by atoms with Crippen molar-refractivity contribution in [3.8, 4) is 39.5 Å². The Kier molecular flexibility index (Phi) is 7.41. The lowest BCUT2D eigenvalue weighted by Gasteiger charge is -2.22. The highest BCUT2D eigenvalue weighted by molar-refractivity contribution is 6.62. The molecule has 0 spiro atoms. The predicted molar refractivity (Wildman–Crippen MR) is 131 cm³/mol. The molecule has 31 heavy (non-hydrogen) atoms. The van der Waals surface area contributed by atoms with Crippen LogP contribution in [0, 0.1) is 12.7 Å². The summed E-state index contributed by atoms with van der Waals surface area (Å²) in [6.07, 6.45) is 0. The maximum Gasteiger partial charge on any atom is 0.127 e. The van der Waals surface area contributed by atoms with Crippen LogP contribution in [0.25, 0.3) is 22.3 Å². The highest BCUT2D eigenvalue weighted by atomic mass is 19.1. The second kappa shape index (κ2) is 9.29. The highest BCUT2D eigenvalue weighted by Crippen LogP contribution is 2.34. The Morgan fingerprint density at radius 2 is 1.23 bits per heavy atom. The van der Waals surface area contributed by atoms with Gasteiger partial charge in [-0.3, -0.25) is 0 Å². The van der Waals surface area contributed by atoms with Gasteiger partial charge in [0.2, 0.25) is 0 Å². The predicted octanol–water partition coefficient (Wildman–Crippen LogP) is -2.45. The molecule has 3 nitrogen and oxygen atoms in total. The van der Waals surface area contributed by atoms with Crippen LogP contribution in [0.3, 0.4) is 0 Å². The molecule has 0 aliphatic rings. The molecule has 3 N–H and O–H groups in total. The smallest absolute Gasteiger partial charge is 0.127 e. The Labute approximate surface area is 190 Å². The van der Waals surface area contributed by atoms with Crippen molar-refractivity contribution in [2.75, 3.05) is 0 Å². The molecule has 0 fully saturated rings. The summed E-state index contributed by atoms with van der Waals surface area (Å²) in [5.41, 5.74) is -0.248. The lowest BCUT2D eigenvalue weighted by Crippen LogP contribution is -2.44. The van der Waals surface area contributed by atoms with Crippen LogP contribution >= 0.6 is 0 Å². The first kappa shape index (κ1) is 24.7. The minimum Gasteiger partial charge on any atom is -0.509 e. The van der Waals surface area contributed by atoms with Gasteiger partial charge in [-0.1, -0.05) is 29.3 Å². The number of hydrogen-bond donors (Lipinski definition) is 3. The molecule has 0 aliphatic heterocycles. The molecule has 0 bridgehead atoms. The molecule has 14 radical (unpaired) electrons. The van der Waals surface area contributed by atoms with Gasteiger partial charge in [0.25, 0.3) is 0 Å². The van der Waals surface area contributed by atoms with E-state index >= 15 is 0 Å². The first-order chi connectivity index (χ1) is 14.5. The third-order valence-electron chi connectivity index (χ3n) is 4.89. The van der Waals surface area contributed by atoms with Gasteiger partial charge in [-0.15, -0.1) is 5.46 Å². The lowest BCUT2D eigenvalue weighted by atomic mass is 9.64. The van der Waals surface area contributed by atoms with Crippen LogP contribution in [0.2, 0.25) is 6.82 Å². The van der Waals surface area contributed by atoms with Crippen LogP contribution in [0.5, 0.6) is 17.2 Å². The van der Waals surface area contributed by atoms with Gasteiger partial charge < -0.3 is 15.3 Å². The van der Waals surface area contributed by atoms with Gasteiger partial charge in [0.15, 0.2) is 0 Å². The summed E-state index contributed by atoms with van der Waals surface area (Å²) in [7, 11) is 39.4. The van der Waals surface area contributed by atoms with Crippen LogP contribution in [-0.4, -0.2) is 70.2 Å². The van der Waals surface area contributed by atoms with Crippen molar-refractivity contribution in [3.63, 3.8) is 0 Å². The molecule has 3 rings (SSSR count). The van der Waals surface area contributed by atoms with Crippen molar-refractivity contribution >= 4 is 87.7 Å². The summed E-state index contributed by atoms with van der Waals surface area (Å²) in [5, 5.41) is 30.3. The average molecular weight is 395 g/mol. The van der Waals surface area contributed by atoms with Gasteiger partial charge in [-0.05, 0) is 52.2 Å². The van der Waals surface area contributed by atoms with E-state index in [9.17, 15) is 19.7 Å². The Hall–Kier alpha value is -2.56. The summed E-state index contributed by atoms with van der Waals surface area (Å²) >= 11 is 0. The van der Waals surface area contributed by atoms with Gasteiger partial charge in [0.05, 0.1) is 7.85 Å². The Morgan fingerprint density at radius 1 is 0.645 bits per heavy atom. The molecule has 0 atom stereocenters. The fourth-order valence-electron chi connectivity index (χ4n) is 3.13. The molecular formula is C20H12B7FO3. The summed E-state index contributed by atoms with van der Waals surface area (Å²) in [6, 6.07) is 3.87. The largest absolute Gasteiger partial charge is 0.509 e. The second-order valence-electron chi connectivity index (χ2n) is 6.63. The van der Waals surface area contributed by atoms with E-state index in [-0.39, 0.29) is 60.6 Å². The zero-order valence-electron chi connectivity index (χ0n) is 17.0. The third-order valence-corrected chi connectivity index (χ3v) is 4.89. The SMILES string of the molecule is [B]C.[B]c1cc(-c2cc(F)c(C)c(-c3c([B])c([B])c([B])c(O)c3[B])c2)c(O)c([B])c1O. The number of phenolic OH excluding ortho intramolecular Hbond substituents is 3. The monoisotopic (exact) mass is 396 g/mol. The van der Waals surface area contributed by atoms with E-state index in [1.165, 1.54) is 25.9 Å². The molecule has 0 saturated heterocycles. The number of aromatic hydroxyl groups is 3. The van der Waals surface area contributed by atoms with Crippen molar-refractivity contribution < 1.29 is 19.7 Å². The first-order valence-electron chi connectivity index (χ1n) is 8.90. The number of benzene rings is 3. The zero-order chi connectivity index (χ0) is 23.8. The van der Waals surface area contributed by atoms with E-state index in [4.69, 9.17) is 47.1 Å². The highest BCUT2D eigenvalue weighted by Gasteiger charge is 2.20. The summed E-state index contributed by atoms with van der Waals surface area (Å²) in [6.45, 7) is 2.98. The van der Waals surface area contributed by atoms with Gasteiger partial charge in [0, 0.05) is 5.56 Å². The molecule has 0 unspecified atom stereocenters.